The van der Waals surface area contributed by atoms with Crippen LogP contribution in [0.25, 0.3) is 0 Å². The minimum Gasteiger partial charge on any atom is -0.478 e. The molecule has 0 aliphatic rings. The van der Waals surface area contributed by atoms with Crippen LogP contribution in [0.1, 0.15) is 23.0 Å². The second-order valence-electron chi connectivity index (χ2n) is 3.23. The van der Waals surface area contributed by atoms with Gasteiger partial charge in [-0.2, -0.15) is 0 Å². The van der Waals surface area contributed by atoms with Crippen LogP contribution in [0, 0.1) is 0 Å². The molecule has 0 saturated carbocycles. The summed E-state index contributed by atoms with van der Waals surface area (Å²) in [4.78, 5) is 21.6. The van der Waals surface area contributed by atoms with Crippen molar-refractivity contribution in [3.63, 3.8) is 0 Å². The Labute approximate surface area is 92.2 Å². The van der Waals surface area contributed by atoms with E-state index in [0.717, 1.165) is 6.26 Å². The van der Waals surface area contributed by atoms with Gasteiger partial charge in [0.15, 0.2) is 0 Å². The van der Waals surface area contributed by atoms with E-state index in [0.29, 0.717) is 5.76 Å². The first kappa shape index (κ1) is 12.3. The van der Waals surface area contributed by atoms with E-state index in [2.05, 4.69) is 10.1 Å². The van der Waals surface area contributed by atoms with Crippen LogP contribution in [-0.4, -0.2) is 30.2 Å². The standard InChI is InChI=1S/C10H13NO5/c1-6(10(14)15-2)11-4-8-3-7(5-16-8)9(12)13/h3,5-6,11H,4H2,1-2H3,(H,12,13). The average Bonchev–Trinajstić information content (AvgIpc) is 2.73. The van der Waals surface area contributed by atoms with Crippen molar-refractivity contribution in [3.05, 3.63) is 23.7 Å². The largest absolute Gasteiger partial charge is 0.478 e. The minimum atomic E-state index is -1.05. The van der Waals surface area contributed by atoms with Crippen LogP contribution in [-0.2, 0) is 16.1 Å². The van der Waals surface area contributed by atoms with Gasteiger partial charge in [-0.15, -0.1) is 0 Å². The number of hydrogen-bond donors (Lipinski definition) is 2. The van der Waals surface area contributed by atoms with Crippen molar-refractivity contribution in [1.29, 1.82) is 0 Å². The molecule has 0 spiro atoms. The molecule has 1 heterocycles. The number of esters is 1. The maximum Gasteiger partial charge on any atom is 0.338 e. The van der Waals surface area contributed by atoms with E-state index in [-0.39, 0.29) is 18.1 Å². The zero-order chi connectivity index (χ0) is 12.1. The third kappa shape index (κ3) is 3.09. The van der Waals surface area contributed by atoms with Crippen molar-refractivity contribution in [1.82, 2.24) is 5.32 Å². The lowest BCUT2D eigenvalue weighted by atomic mass is 10.3. The van der Waals surface area contributed by atoms with E-state index >= 15 is 0 Å². The topological polar surface area (TPSA) is 88.8 Å². The summed E-state index contributed by atoms with van der Waals surface area (Å²) in [5.74, 6) is -0.978. The summed E-state index contributed by atoms with van der Waals surface area (Å²) in [5, 5.41) is 11.5. The Balaban J connectivity index is 2.48. The SMILES string of the molecule is COC(=O)C(C)NCc1cc(C(=O)O)co1. The zero-order valence-electron chi connectivity index (χ0n) is 9.02. The van der Waals surface area contributed by atoms with Crippen LogP contribution in [0.4, 0.5) is 0 Å². The maximum absolute atomic E-state index is 11.0. The molecule has 1 rings (SSSR count). The highest BCUT2D eigenvalue weighted by Gasteiger charge is 2.13. The summed E-state index contributed by atoms with van der Waals surface area (Å²) in [5.41, 5.74) is 0.0857. The van der Waals surface area contributed by atoms with Crippen molar-refractivity contribution in [2.24, 2.45) is 0 Å². The van der Waals surface area contributed by atoms with Gasteiger partial charge in [-0.3, -0.25) is 10.1 Å². The van der Waals surface area contributed by atoms with Crippen LogP contribution in [0.3, 0.4) is 0 Å². The molecule has 16 heavy (non-hydrogen) atoms. The molecule has 6 heteroatoms. The fourth-order valence-corrected chi connectivity index (χ4v) is 1.10. The summed E-state index contributed by atoms with van der Waals surface area (Å²) in [6.07, 6.45) is 1.15. The van der Waals surface area contributed by atoms with E-state index in [1.165, 1.54) is 13.2 Å². The lowest BCUT2D eigenvalue weighted by Gasteiger charge is -2.09. The highest BCUT2D eigenvalue weighted by molar-refractivity contribution is 5.87. The molecule has 1 unspecified atom stereocenters. The van der Waals surface area contributed by atoms with E-state index in [1.54, 1.807) is 6.92 Å². The molecular formula is C10H13NO5. The van der Waals surface area contributed by atoms with Crippen molar-refractivity contribution < 1.29 is 23.8 Å². The van der Waals surface area contributed by atoms with Crippen LogP contribution in [0.2, 0.25) is 0 Å². The van der Waals surface area contributed by atoms with E-state index in [9.17, 15) is 9.59 Å². The Morgan fingerprint density at radius 2 is 2.31 bits per heavy atom. The van der Waals surface area contributed by atoms with Gasteiger partial charge in [0.25, 0.3) is 0 Å². The summed E-state index contributed by atoms with van der Waals surface area (Å²) >= 11 is 0. The summed E-state index contributed by atoms with van der Waals surface area (Å²) in [6.45, 7) is 1.91. The first-order valence-electron chi connectivity index (χ1n) is 4.66. The van der Waals surface area contributed by atoms with Crippen molar-refractivity contribution in [2.45, 2.75) is 19.5 Å². The molecule has 0 aliphatic carbocycles. The van der Waals surface area contributed by atoms with Gasteiger partial charge in [0.05, 0.1) is 19.2 Å². The molecule has 0 bridgehead atoms. The molecule has 1 aromatic rings. The molecule has 0 aromatic carbocycles. The number of hydrogen-bond acceptors (Lipinski definition) is 5. The first-order valence-corrected chi connectivity index (χ1v) is 4.66. The normalized spacial score (nSPS) is 12.1. The first-order chi connectivity index (χ1) is 7.54. The van der Waals surface area contributed by atoms with Gasteiger partial charge in [-0.1, -0.05) is 0 Å². The Morgan fingerprint density at radius 3 is 2.81 bits per heavy atom. The number of furan rings is 1. The molecule has 88 valence electrons. The number of methoxy groups -OCH3 is 1. The molecule has 0 fully saturated rings. The Hall–Kier alpha value is -1.82. The van der Waals surface area contributed by atoms with Crippen molar-refractivity contribution in [3.8, 4) is 0 Å². The van der Waals surface area contributed by atoms with Crippen LogP contribution < -0.4 is 5.32 Å². The number of carboxylic acid groups (broad SMARTS) is 1. The monoisotopic (exact) mass is 227 g/mol. The van der Waals surface area contributed by atoms with Gasteiger partial charge in [-0.05, 0) is 13.0 Å². The number of nitrogens with one attached hydrogen (secondary N) is 1. The smallest absolute Gasteiger partial charge is 0.338 e. The molecule has 1 aromatic heterocycles. The number of aromatic carboxylic acids is 1. The maximum atomic E-state index is 11.0. The van der Waals surface area contributed by atoms with Gasteiger partial charge < -0.3 is 14.3 Å². The number of carbonyl (C=O) groups is 2. The Kier molecular flexibility index (Phi) is 4.07. The third-order valence-corrected chi connectivity index (χ3v) is 2.04. The number of rotatable bonds is 5. The second kappa shape index (κ2) is 5.32. The Bertz CT molecular complexity index is 384. The van der Waals surface area contributed by atoms with Gasteiger partial charge in [0.1, 0.15) is 18.1 Å². The van der Waals surface area contributed by atoms with Crippen LogP contribution >= 0.6 is 0 Å². The molecule has 0 radical (unpaired) electrons. The number of carbonyl (C=O) groups excluding carboxylic acids is 1. The fourth-order valence-electron chi connectivity index (χ4n) is 1.10. The Morgan fingerprint density at radius 1 is 1.62 bits per heavy atom. The lowest BCUT2D eigenvalue weighted by molar-refractivity contribution is -0.142. The molecule has 1 atom stereocenters. The average molecular weight is 227 g/mol. The van der Waals surface area contributed by atoms with Gasteiger partial charge >= 0.3 is 11.9 Å². The molecular weight excluding hydrogens is 214 g/mol. The molecule has 2 N–H and O–H groups in total. The number of ether oxygens (including phenoxy) is 1. The predicted octanol–water partition coefficient (Wildman–Crippen LogP) is 0.629. The lowest BCUT2D eigenvalue weighted by Crippen LogP contribution is -2.34. The highest BCUT2D eigenvalue weighted by atomic mass is 16.5. The third-order valence-electron chi connectivity index (χ3n) is 2.04. The van der Waals surface area contributed by atoms with Gasteiger partial charge in [0, 0.05) is 0 Å². The highest BCUT2D eigenvalue weighted by Crippen LogP contribution is 2.07. The molecule has 6 nitrogen and oxygen atoms in total. The zero-order valence-corrected chi connectivity index (χ0v) is 9.02. The number of carboxylic acids is 1. The van der Waals surface area contributed by atoms with E-state index in [1.807, 2.05) is 0 Å². The summed E-state index contributed by atoms with van der Waals surface area (Å²) < 4.78 is 9.51. The van der Waals surface area contributed by atoms with Crippen LogP contribution in [0.5, 0.6) is 0 Å². The van der Waals surface area contributed by atoms with Gasteiger partial charge in [-0.25, -0.2) is 4.79 Å². The summed E-state index contributed by atoms with van der Waals surface area (Å²) in [6, 6.07) is 0.933. The van der Waals surface area contributed by atoms with E-state index < -0.39 is 12.0 Å². The van der Waals surface area contributed by atoms with Crippen molar-refractivity contribution in [2.75, 3.05) is 7.11 Å². The van der Waals surface area contributed by atoms with Crippen LogP contribution in [0.15, 0.2) is 16.7 Å². The quantitative estimate of drug-likeness (QED) is 0.717. The minimum absolute atomic E-state index is 0.0857. The van der Waals surface area contributed by atoms with Gasteiger partial charge in [0.2, 0.25) is 0 Å². The molecule has 0 amide bonds. The molecule has 0 aliphatic heterocycles. The van der Waals surface area contributed by atoms with Crippen molar-refractivity contribution >= 4 is 11.9 Å². The summed E-state index contributed by atoms with van der Waals surface area (Å²) in [7, 11) is 1.30. The van der Waals surface area contributed by atoms with E-state index in [4.69, 9.17) is 9.52 Å². The predicted molar refractivity (Wildman–Crippen MR) is 54.0 cm³/mol. The molecule has 0 saturated heterocycles. The fraction of sp³-hybridized carbons (Fsp3) is 0.400. The second-order valence-corrected chi connectivity index (χ2v) is 3.23.